The van der Waals surface area contributed by atoms with Gasteiger partial charge >= 0.3 is 0 Å². The predicted molar refractivity (Wildman–Crippen MR) is 129 cm³/mol. The van der Waals surface area contributed by atoms with Crippen LogP contribution in [0.2, 0.25) is 0 Å². The molecule has 0 spiro atoms. The monoisotopic (exact) mass is 451 g/mol. The summed E-state index contributed by atoms with van der Waals surface area (Å²) in [4.78, 5) is 17.3. The summed E-state index contributed by atoms with van der Waals surface area (Å²) in [6.45, 7) is 4.93. The van der Waals surface area contributed by atoms with Gasteiger partial charge in [-0.05, 0) is 49.9 Å². The van der Waals surface area contributed by atoms with Crippen LogP contribution in [0.15, 0.2) is 60.7 Å². The quantitative estimate of drug-likeness (QED) is 0.614. The van der Waals surface area contributed by atoms with Crippen LogP contribution in [0.25, 0.3) is 0 Å². The van der Waals surface area contributed by atoms with Crippen LogP contribution in [0, 0.1) is 5.92 Å². The largest absolute Gasteiger partial charge is 0.342 e. The summed E-state index contributed by atoms with van der Waals surface area (Å²) in [6.07, 6.45) is 3.47. The molecule has 0 radical (unpaired) electrons. The first-order chi connectivity index (χ1) is 13.7. The Labute approximate surface area is 193 Å². The van der Waals surface area contributed by atoms with Gasteiger partial charge in [0.1, 0.15) is 0 Å². The second-order valence-electron chi connectivity index (χ2n) is 7.83. The van der Waals surface area contributed by atoms with Gasteiger partial charge in [-0.15, -0.1) is 24.8 Å². The molecule has 2 aromatic rings. The minimum absolute atomic E-state index is 0. The molecule has 1 amide bonds. The van der Waals surface area contributed by atoms with Crippen molar-refractivity contribution in [2.75, 3.05) is 33.2 Å². The topological polar surface area (TPSA) is 35.6 Å². The Morgan fingerprint density at radius 2 is 1.43 bits per heavy atom. The third kappa shape index (κ3) is 8.65. The average Bonchev–Trinajstić information content (AvgIpc) is 2.74. The van der Waals surface area contributed by atoms with Gasteiger partial charge in [0.05, 0.1) is 6.54 Å². The van der Waals surface area contributed by atoms with E-state index in [0.717, 1.165) is 51.5 Å². The average molecular weight is 452 g/mol. The number of piperidine rings is 1. The van der Waals surface area contributed by atoms with Crippen molar-refractivity contribution in [2.45, 2.75) is 32.4 Å². The molecule has 0 atom stereocenters. The van der Waals surface area contributed by atoms with E-state index in [-0.39, 0.29) is 30.7 Å². The fourth-order valence-electron chi connectivity index (χ4n) is 3.96. The van der Waals surface area contributed by atoms with E-state index in [9.17, 15) is 4.79 Å². The summed E-state index contributed by atoms with van der Waals surface area (Å²) in [5.74, 6) is 1.01. The van der Waals surface area contributed by atoms with Gasteiger partial charge in [0, 0.05) is 26.2 Å². The summed E-state index contributed by atoms with van der Waals surface area (Å²) < 4.78 is 0. The number of halogens is 2. The molecule has 1 aliphatic heterocycles. The van der Waals surface area contributed by atoms with Crippen molar-refractivity contribution in [2.24, 2.45) is 5.92 Å². The van der Waals surface area contributed by atoms with Gasteiger partial charge in [-0.2, -0.15) is 0 Å². The highest BCUT2D eigenvalue weighted by molar-refractivity contribution is 5.85. The molecule has 1 saturated heterocycles. The zero-order chi connectivity index (χ0) is 19.6. The molecule has 0 unspecified atom stereocenters. The number of carbonyl (C=O) groups excluding carboxylic acids is 1. The van der Waals surface area contributed by atoms with Crippen LogP contribution in [0.4, 0.5) is 0 Å². The molecule has 0 bridgehead atoms. The number of nitrogens with zero attached hydrogens (tertiary/aromatic N) is 2. The molecular formula is C24H35Cl2N3O. The van der Waals surface area contributed by atoms with Gasteiger partial charge in [-0.25, -0.2) is 0 Å². The lowest BCUT2D eigenvalue weighted by Gasteiger charge is -2.33. The molecule has 1 heterocycles. The molecule has 166 valence electrons. The Kier molecular flexibility index (Phi) is 12.7. The Morgan fingerprint density at radius 1 is 0.933 bits per heavy atom. The van der Waals surface area contributed by atoms with E-state index in [1.165, 1.54) is 17.5 Å². The Bertz CT molecular complexity index is 665. The maximum Gasteiger partial charge on any atom is 0.236 e. The molecule has 6 heteroatoms. The van der Waals surface area contributed by atoms with Gasteiger partial charge < -0.3 is 10.2 Å². The molecule has 3 rings (SSSR count). The lowest BCUT2D eigenvalue weighted by atomic mass is 9.93. The summed E-state index contributed by atoms with van der Waals surface area (Å²) >= 11 is 0. The highest BCUT2D eigenvalue weighted by atomic mass is 35.5. The van der Waals surface area contributed by atoms with Crippen LogP contribution in [0.3, 0.4) is 0 Å². The van der Waals surface area contributed by atoms with E-state index in [2.05, 4.69) is 63.6 Å². The van der Waals surface area contributed by atoms with Crippen molar-refractivity contribution in [1.82, 2.24) is 15.1 Å². The Balaban J connectivity index is 0.00000225. The van der Waals surface area contributed by atoms with Crippen LogP contribution in [-0.4, -0.2) is 48.9 Å². The van der Waals surface area contributed by atoms with E-state index in [1.807, 2.05) is 19.2 Å². The van der Waals surface area contributed by atoms with Gasteiger partial charge in [0.2, 0.25) is 5.91 Å². The smallest absolute Gasteiger partial charge is 0.236 e. The SMILES string of the molecule is CNCCC1CCN(C(=O)CN(Cc2ccccc2)Cc2ccccc2)CC1.Cl.Cl. The van der Waals surface area contributed by atoms with Crippen molar-refractivity contribution >= 4 is 30.7 Å². The maximum atomic E-state index is 13.0. The van der Waals surface area contributed by atoms with Gasteiger partial charge in [-0.1, -0.05) is 60.7 Å². The highest BCUT2D eigenvalue weighted by Crippen LogP contribution is 2.20. The fraction of sp³-hybridized carbons (Fsp3) is 0.458. The van der Waals surface area contributed by atoms with Crippen molar-refractivity contribution in [3.8, 4) is 0 Å². The van der Waals surface area contributed by atoms with Crippen LogP contribution in [0.1, 0.15) is 30.4 Å². The van der Waals surface area contributed by atoms with Crippen LogP contribution >= 0.6 is 24.8 Å². The zero-order valence-corrected chi connectivity index (χ0v) is 19.5. The van der Waals surface area contributed by atoms with Crippen molar-refractivity contribution in [3.05, 3.63) is 71.8 Å². The zero-order valence-electron chi connectivity index (χ0n) is 17.8. The van der Waals surface area contributed by atoms with Crippen molar-refractivity contribution < 1.29 is 4.79 Å². The number of likely N-dealkylation sites (tertiary alicyclic amines) is 1. The molecule has 2 aromatic carbocycles. The van der Waals surface area contributed by atoms with Crippen molar-refractivity contribution in [1.29, 1.82) is 0 Å². The van der Waals surface area contributed by atoms with Gasteiger partial charge in [-0.3, -0.25) is 9.69 Å². The normalized spacial score (nSPS) is 14.1. The second-order valence-corrected chi connectivity index (χ2v) is 7.83. The standard InChI is InChI=1S/C24H33N3O.2ClH/c1-25-15-12-21-13-16-27(17-14-21)24(28)20-26(18-22-8-4-2-5-9-22)19-23-10-6-3-7-11-23;;/h2-11,21,25H,12-20H2,1H3;2*1H. The number of carbonyl (C=O) groups is 1. The molecule has 1 fully saturated rings. The number of hydrogen-bond acceptors (Lipinski definition) is 3. The molecule has 0 aromatic heterocycles. The molecular weight excluding hydrogens is 417 g/mol. The van der Waals surface area contributed by atoms with E-state index in [1.54, 1.807) is 0 Å². The first-order valence-corrected chi connectivity index (χ1v) is 10.5. The van der Waals surface area contributed by atoms with E-state index in [4.69, 9.17) is 0 Å². The van der Waals surface area contributed by atoms with Crippen LogP contribution < -0.4 is 5.32 Å². The lowest BCUT2D eigenvalue weighted by Crippen LogP contribution is -2.44. The minimum Gasteiger partial charge on any atom is -0.342 e. The van der Waals surface area contributed by atoms with E-state index in [0.29, 0.717) is 6.54 Å². The summed E-state index contributed by atoms with van der Waals surface area (Å²) in [5, 5.41) is 3.23. The third-order valence-electron chi connectivity index (χ3n) is 5.63. The maximum absolute atomic E-state index is 13.0. The van der Waals surface area contributed by atoms with Gasteiger partial charge in [0.15, 0.2) is 0 Å². The second kappa shape index (κ2) is 14.4. The first-order valence-electron chi connectivity index (χ1n) is 10.5. The van der Waals surface area contributed by atoms with Crippen LogP contribution in [-0.2, 0) is 17.9 Å². The highest BCUT2D eigenvalue weighted by Gasteiger charge is 2.24. The minimum atomic E-state index is 0. The number of rotatable bonds is 9. The lowest BCUT2D eigenvalue weighted by molar-refractivity contribution is -0.134. The Hall–Kier alpha value is -1.59. The Morgan fingerprint density at radius 3 is 1.90 bits per heavy atom. The first kappa shape index (κ1) is 26.4. The number of nitrogens with one attached hydrogen (secondary N) is 1. The summed E-state index contributed by atoms with van der Waals surface area (Å²) in [7, 11) is 2.01. The number of benzene rings is 2. The summed E-state index contributed by atoms with van der Waals surface area (Å²) in [5.41, 5.74) is 2.49. The molecule has 30 heavy (non-hydrogen) atoms. The number of amides is 1. The fourth-order valence-corrected chi connectivity index (χ4v) is 3.96. The summed E-state index contributed by atoms with van der Waals surface area (Å²) in [6, 6.07) is 20.9. The number of hydrogen-bond donors (Lipinski definition) is 1. The van der Waals surface area contributed by atoms with E-state index >= 15 is 0 Å². The molecule has 4 nitrogen and oxygen atoms in total. The van der Waals surface area contributed by atoms with E-state index < -0.39 is 0 Å². The molecule has 1 N–H and O–H groups in total. The molecule has 0 aliphatic carbocycles. The van der Waals surface area contributed by atoms with Crippen molar-refractivity contribution in [3.63, 3.8) is 0 Å². The third-order valence-corrected chi connectivity index (χ3v) is 5.63. The molecule has 0 saturated carbocycles. The van der Waals surface area contributed by atoms with Gasteiger partial charge in [0.25, 0.3) is 0 Å². The van der Waals surface area contributed by atoms with Crippen LogP contribution in [0.5, 0.6) is 0 Å². The molecule has 1 aliphatic rings. The predicted octanol–water partition coefficient (Wildman–Crippen LogP) is 4.38.